The number of nitriles is 1. The fraction of sp³-hybridized carbons (Fsp3) is 0.381. The van der Waals surface area contributed by atoms with E-state index in [1.54, 1.807) is 0 Å². The lowest BCUT2D eigenvalue weighted by Crippen LogP contribution is -2.25. The number of rotatable bonds is 3. The smallest absolute Gasteiger partial charge is 0.146 e. The molecule has 0 bridgehead atoms. The van der Waals surface area contributed by atoms with Crippen molar-refractivity contribution in [2.45, 2.75) is 44.4 Å². The molecule has 2 aromatic heterocycles. The van der Waals surface area contributed by atoms with Gasteiger partial charge in [0.2, 0.25) is 0 Å². The van der Waals surface area contributed by atoms with Crippen LogP contribution in [0.1, 0.15) is 42.0 Å². The number of anilines is 1. The molecule has 0 radical (unpaired) electrons. The Labute approximate surface area is 177 Å². The van der Waals surface area contributed by atoms with Gasteiger partial charge in [0, 0.05) is 35.2 Å². The Morgan fingerprint density at radius 1 is 1.31 bits per heavy atom. The minimum absolute atomic E-state index is 0.107. The molecule has 29 heavy (non-hydrogen) atoms. The first-order valence-corrected chi connectivity index (χ1v) is 10.6. The van der Waals surface area contributed by atoms with Crippen LogP contribution in [-0.2, 0) is 13.0 Å². The number of fused-ring (bicyclic) bond motifs is 2. The molecule has 1 aromatic carbocycles. The third-order valence-corrected chi connectivity index (χ3v) is 6.54. The second-order valence-electron chi connectivity index (χ2n) is 7.70. The van der Waals surface area contributed by atoms with Crippen LogP contribution >= 0.6 is 15.9 Å². The van der Waals surface area contributed by atoms with Gasteiger partial charge in [-0.2, -0.15) is 5.26 Å². The zero-order chi connectivity index (χ0) is 20.0. The van der Waals surface area contributed by atoms with Crippen LogP contribution in [-0.4, -0.2) is 27.2 Å². The number of hydrogen-bond donors (Lipinski definition) is 2. The number of halogens is 1. The summed E-state index contributed by atoms with van der Waals surface area (Å²) in [6.45, 7) is 1.73. The van der Waals surface area contributed by atoms with Gasteiger partial charge in [0.05, 0.1) is 17.0 Å². The highest BCUT2D eigenvalue weighted by Crippen LogP contribution is 2.39. The van der Waals surface area contributed by atoms with Crippen LogP contribution in [0.25, 0.3) is 11.0 Å². The fourth-order valence-corrected chi connectivity index (χ4v) is 5.13. The first-order valence-electron chi connectivity index (χ1n) is 9.84. The third-order valence-electron chi connectivity index (χ3n) is 5.94. The molecule has 3 N–H and O–H groups in total. The van der Waals surface area contributed by atoms with Gasteiger partial charge < -0.3 is 20.4 Å². The molecule has 0 spiro atoms. The van der Waals surface area contributed by atoms with Gasteiger partial charge in [-0.25, -0.2) is 9.97 Å². The number of nitrogens with one attached hydrogen (secondary N) is 1. The van der Waals surface area contributed by atoms with Gasteiger partial charge in [-0.15, -0.1) is 0 Å². The Morgan fingerprint density at radius 3 is 3.07 bits per heavy atom. The number of hydrogen-bond acceptors (Lipinski definition) is 6. The van der Waals surface area contributed by atoms with E-state index in [2.05, 4.69) is 41.9 Å². The van der Waals surface area contributed by atoms with Gasteiger partial charge in [0.15, 0.2) is 0 Å². The molecule has 2 atom stereocenters. The third kappa shape index (κ3) is 3.24. The first kappa shape index (κ1) is 18.4. The standard InChI is InChI=1S/C21H21BrN6O/c22-17-10-28(21-19(17)20(24)26-11-27-21)14-1-2-15(7-14)29-18-6-12(8-23)5-13-3-4-25-9-16(13)18/h5-6,10-11,14-15,25H,1-4,7,9H2,(H2,24,26,27). The summed E-state index contributed by atoms with van der Waals surface area (Å²) >= 11 is 3.59. The number of benzene rings is 1. The predicted octanol–water partition coefficient (Wildman–Crippen LogP) is 3.47. The SMILES string of the molecule is N#Cc1cc2c(c(OC3CCC(n4cc(Br)c5c(N)ncnc54)C3)c1)CNCC2. The Kier molecular flexibility index (Phi) is 4.64. The second-order valence-corrected chi connectivity index (χ2v) is 8.55. The van der Waals surface area contributed by atoms with E-state index < -0.39 is 0 Å². The first-order chi connectivity index (χ1) is 14.1. The molecular formula is C21H21BrN6O. The summed E-state index contributed by atoms with van der Waals surface area (Å²) in [7, 11) is 0. The van der Waals surface area contributed by atoms with Gasteiger partial charge in [-0.3, -0.25) is 0 Å². The zero-order valence-corrected chi connectivity index (χ0v) is 17.4. The van der Waals surface area contributed by atoms with Crippen LogP contribution in [0.5, 0.6) is 5.75 Å². The van der Waals surface area contributed by atoms with E-state index in [1.807, 2.05) is 18.3 Å². The largest absolute Gasteiger partial charge is 0.490 e. The molecule has 1 aliphatic carbocycles. The van der Waals surface area contributed by atoms with E-state index in [4.69, 9.17) is 10.5 Å². The Morgan fingerprint density at radius 2 is 2.21 bits per heavy atom. The Hall–Kier alpha value is -2.63. The van der Waals surface area contributed by atoms with Gasteiger partial charge in [-0.05, 0) is 59.4 Å². The summed E-state index contributed by atoms with van der Waals surface area (Å²) in [6.07, 6.45) is 7.44. The van der Waals surface area contributed by atoms with Crippen LogP contribution in [0, 0.1) is 11.3 Å². The summed E-state index contributed by atoms with van der Waals surface area (Å²) in [6, 6.07) is 6.44. The van der Waals surface area contributed by atoms with Crippen molar-refractivity contribution in [1.29, 1.82) is 5.26 Å². The molecule has 3 heterocycles. The van der Waals surface area contributed by atoms with E-state index in [0.717, 1.165) is 60.0 Å². The lowest BCUT2D eigenvalue weighted by Gasteiger charge is -2.23. The maximum absolute atomic E-state index is 9.39. The van der Waals surface area contributed by atoms with Crippen molar-refractivity contribution in [2.75, 3.05) is 12.3 Å². The van der Waals surface area contributed by atoms with Crippen LogP contribution in [0.3, 0.4) is 0 Å². The van der Waals surface area contributed by atoms with Crippen molar-refractivity contribution in [1.82, 2.24) is 19.9 Å². The fourth-order valence-electron chi connectivity index (χ4n) is 4.53. The van der Waals surface area contributed by atoms with Crippen LogP contribution < -0.4 is 15.8 Å². The summed E-state index contributed by atoms with van der Waals surface area (Å²) in [4.78, 5) is 8.56. The van der Waals surface area contributed by atoms with Gasteiger partial charge >= 0.3 is 0 Å². The van der Waals surface area contributed by atoms with E-state index in [9.17, 15) is 5.26 Å². The molecule has 0 amide bonds. The zero-order valence-electron chi connectivity index (χ0n) is 15.9. The molecule has 1 aliphatic heterocycles. The average Bonchev–Trinajstić information content (AvgIpc) is 3.33. The number of nitrogen functional groups attached to an aromatic ring is 1. The lowest BCUT2D eigenvalue weighted by molar-refractivity contribution is 0.202. The van der Waals surface area contributed by atoms with E-state index in [1.165, 1.54) is 17.5 Å². The van der Waals surface area contributed by atoms with E-state index >= 15 is 0 Å². The minimum Gasteiger partial charge on any atom is -0.490 e. The summed E-state index contributed by atoms with van der Waals surface area (Å²) in [5.74, 6) is 1.33. The monoisotopic (exact) mass is 452 g/mol. The van der Waals surface area contributed by atoms with Crippen molar-refractivity contribution in [3.63, 3.8) is 0 Å². The maximum Gasteiger partial charge on any atom is 0.146 e. The number of nitrogens with two attached hydrogens (primary N) is 1. The molecule has 1 fully saturated rings. The molecule has 148 valence electrons. The highest BCUT2D eigenvalue weighted by Gasteiger charge is 2.30. The van der Waals surface area contributed by atoms with Crippen molar-refractivity contribution in [3.8, 4) is 11.8 Å². The molecule has 3 aromatic rings. The van der Waals surface area contributed by atoms with Gasteiger partial charge in [0.25, 0.3) is 0 Å². The topological polar surface area (TPSA) is 102 Å². The molecule has 0 saturated heterocycles. The van der Waals surface area contributed by atoms with E-state index in [-0.39, 0.29) is 12.1 Å². The average molecular weight is 453 g/mol. The van der Waals surface area contributed by atoms with Crippen LogP contribution in [0.15, 0.2) is 29.1 Å². The number of nitrogens with zero attached hydrogens (tertiary/aromatic N) is 4. The summed E-state index contributed by atoms with van der Waals surface area (Å²) in [5, 5.41) is 13.7. The molecule has 2 aliphatic rings. The minimum atomic E-state index is 0.107. The lowest BCUT2D eigenvalue weighted by atomic mass is 9.97. The highest BCUT2D eigenvalue weighted by molar-refractivity contribution is 9.10. The van der Waals surface area contributed by atoms with Crippen LogP contribution in [0.2, 0.25) is 0 Å². The normalized spacial score (nSPS) is 21.1. The molecule has 8 heteroatoms. The molecule has 1 saturated carbocycles. The van der Waals surface area contributed by atoms with Crippen molar-refractivity contribution in [3.05, 3.63) is 45.8 Å². The second kappa shape index (κ2) is 7.32. The molecule has 5 rings (SSSR count). The van der Waals surface area contributed by atoms with Crippen LogP contribution in [0.4, 0.5) is 5.82 Å². The van der Waals surface area contributed by atoms with Crippen molar-refractivity contribution >= 4 is 32.8 Å². The summed E-state index contributed by atoms with van der Waals surface area (Å²) < 4.78 is 9.53. The van der Waals surface area contributed by atoms with Crippen molar-refractivity contribution in [2.24, 2.45) is 0 Å². The molecular weight excluding hydrogens is 432 g/mol. The predicted molar refractivity (Wildman–Crippen MR) is 114 cm³/mol. The van der Waals surface area contributed by atoms with Crippen molar-refractivity contribution < 1.29 is 4.74 Å². The van der Waals surface area contributed by atoms with Gasteiger partial charge in [-0.1, -0.05) is 0 Å². The Balaban J connectivity index is 1.40. The number of aromatic nitrogens is 3. The number of ether oxygens (including phenoxy) is 1. The quantitative estimate of drug-likeness (QED) is 0.630. The maximum atomic E-state index is 9.39. The summed E-state index contributed by atoms with van der Waals surface area (Å²) in [5.41, 5.74) is 9.97. The van der Waals surface area contributed by atoms with Gasteiger partial charge in [0.1, 0.15) is 29.6 Å². The van der Waals surface area contributed by atoms with E-state index in [0.29, 0.717) is 11.4 Å². The molecule has 2 unspecified atom stereocenters. The molecule has 7 nitrogen and oxygen atoms in total. The Bertz CT molecular complexity index is 1130. The highest BCUT2D eigenvalue weighted by atomic mass is 79.9.